The first kappa shape index (κ1) is 21.2. The monoisotopic (exact) mass is 417 g/mol. The second-order valence-corrected chi connectivity index (χ2v) is 8.19. The number of ether oxygens (including phenoxy) is 1. The molecule has 0 bridgehead atoms. The van der Waals surface area contributed by atoms with Gasteiger partial charge in [-0.1, -0.05) is 31.5 Å². The minimum atomic E-state index is -0.315. The third-order valence-electron chi connectivity index (χ3n) is 5.12. The number of benzene rings is 1. The van der Waals surface area contributed by atoms with E-state index in [9.17, 15) is 9.59 Å². The summed E-state index contributed by atoms with van der Waals surface area (Å²) in [5.74, 6) is 1.63. The highest BCUT2D eigenvalue weighted by Crippen LogP contribution is 2.39. The smallest absolute Gasteiger partial charge is 0.248 e. The number of thioether (sulfide) groups is 1. The Kier molecular flexibility index (Phi) is 7.13. The van der Waals surface area contributed by atoms with Gasteiger partial charge >= 0.3 is 0 Å². The van der Waals surface area contributed by atoms with E-state index in [1.54, 1.807) is 7.11 Å². The Morgan fingerprint density at radius 1 is 1.17 bits per heavy atom. The van der Waals surface area contributed by atoms with Gasteiger partial charge < -0.3 is 4.74 Å². The van der Waals surface area contributed by atoms with Crippen LogP contribution < -0.4 is 15.6 Å². The minimum Gasteiger partial charge on any atom is -0.497 e. The molecule has 8 nitrogen and oxygen atoms in total. The first-order chi connectivity index (χ1) is 14.0. The number of hydrazine groups is 1. The largest absolute Gasteiger partial charge is 0.497 e. The van der Waals surface area contributed by atoms with Crippen LogP contribution in [0.3, 0.4) is 0 Å². The molecule has 1 heterocycles. The van der Waals surface area contributed by atoms with Crippen LogP contribution >= 0.6 is 11.8 Å². The summed E-state index contributed by atoms with van der Waals surface area (Å²) in [5.41, 5.74) is 5.65. The summed E-state index contributed by atoms with van der Waals surface area (Å²) in [7, 11) is 1.64. The van der Waals surface area contributed by atoms with E-state index in [2.05, 4.69) is 32.5 Å². The van der Waals surface area contributed by atoms with Crippen molar-refractivity contribution in [2.24, 2.45) is 5.92 Å². The van der Waals surface area contributed by atoms with Gasteiger partial charge in [0.1, 0.15) is 5.75 Å². The van der Waals surface area contributed by atoms with Crippen LogP contribution in [0.4, 0.5) is 0 Å². The molecule has 1 aromatic heterocycles. The molecule has 0 saturated heterocycles. The van der Waals surface area contributed by atoms with Crippen molar-refractivity contribution in [3.05, 3.63) is 24.3 Å². The Hall–Kier alpha value is -2.55. The normalized spacial score (nSPS) is 18.9. The Bertz CT molecular complexity index is 852. The molecule has 2 atom stereocenters. The lowest BCUT2D eigenvalue weighted by Crippen LogP contribution is -2.41. The van der Waals surface area contributed by atoms with Gasteiger partial charge in [0.15, 0.2) is 11.0 Å². The SMILES string of the molecule is COc1ccc(-c2nnc(SCC(=O)NNC(C)=O)n2[C@@H]2CCCC[C@@H]2C)cc1. The topological polar surface area (TPSA) is 98.1 Å². The van der Waals surface area contributed by atoms with Crippen LogP contribution in [0, 0.1) is 5.92 Å². The van der Waals surface area contributed by atoms with Gasteiger partial charge in [0.2, 0.25) is 11.8 Å². The highest BCUT2D eigenvalue weighted by Gasteiger charge is 2.29. The van der Waals surface area contributed by atoms with E-state index in [-0.39, 0.29) is 23.6 Å². The molecule has 1 fully saturated rings. The molecular weight excluding hydrogens is 390 g/mol. The van der Waals surface area contributed by atoms with Crippen molar-refractivity contribution in [3.63, 3.8) is 0 Å². The summed E-state index contributed by atoms with van der Waals surface area (Å²) in [6.45, 7) is 3.61. The molecule has 29 heavy (non-hydrogen) atoms. The lowest BCUT2D eigenvalue weighted by atomic mass is 9.85. The van der Waals surface area contributed by atoms with E-state index in [1.165, 1.54) is 31.5 Å². The molecular formula is C20H27N5O3S. The molecule has 2 N–H and O–H groups in total. The highest BCUT2D eigenvalue weighted by molar-refractivity contribution is 7.99. The predicted octanol–water partition coefficient (Wildman–Crippen LogP) is 2.96. The summed E-state index contributed by atoms with van der Waals surface area (Å²) in [4.78, 5) is 23.0. The molecule has 1 saturated carbocycles. The van der Waals surface area contributed by atoms with Crippen molar-refractivity contribution in [2.45, 2.75) is 50.7 Å². The average Bonchev–Trinajstić information content (AvgIpc) is 3.14. The number of hydrogen-bond acceptors (Lipinski definition) is 6. The van der Waals surface area contributed by atoms with Gasteiger partial charge in [-0.15, -0.1) is 10.2 Å². The summed E-state index contributed by atoms with van der Waals surface area (Å²) < 4.78 is 7.44. The van der Waals surface area contributed by atoms with Crippen LogP contribution in [0.5, 0.6) is 5.75 Å². The van der Waals surface area contributed by atoms with Crippen LogP contribution in [-0.4, -0.2) is 39.4 Å². The molecule has 0 unspecified atom stereocenters. The van der Waals surface area contributed by atoms with E-state index < -0.39 is 0 Å². The Labute approximate surface area is 174 Å². The van der Waals surface area contributed by atoms with Gasteiger partial charge in [-0.25, -0.2) is 0 Å². The van der Waals surface area contributed by atoms with Crippen molar-refractivity contribution >= 4 is 23.6 Å². The maximum atomic E-state index is 12.0. The second kappa shape index (κ2) is 9.78. The number of nitrogens with zero attached hydrogens (tertiary/aromatic N) is 3. The Morgan fingerprint density at radius 2 is 1.90 bits per heavy atom. The summed E-state index contributed by atoms with van der Waals surface area (Å²) >= 11 is 1.33. The zero-order chi connectivity index (χ0) is 20.8. The van der Waals surface area contributed by atoms with Crippen molar-refractivity contribution in [2.75, 3.05) is 12.9 Å². The van der Waals surface area contributed by atoms with Gasteiger partial charge in [0.25, 0.3) is 0 Å². The molecule has 9 heteroatoms. The van der Waals surface area contributed by atoms with Crippen molar-refractivity contribution in [3.8, 4) is 17.1 Å². The highest BCUT2D eigenvalue weighted by atomic mass is 32.2. The van der Waals surface area contributed by atoms with E-state index in [1.807, 2.05) is 24.3 Å². The van der Waals surface area contributed by atoms with Crippen molar-refractivity contribution in [1.82, 2.24) is 25.6 Å². The molecule has 1 aromatic carbocycles. The molecule has 0 spiro atoms. The van der Waals surface area contributed by atoms with Crippen LogP contribution in [0.25, 0.3) is 11.4 Å². The number of amides is 2. The number of carbonyl (C=O) groups is 2. The molecule has 2 amide bonds. The standard InChI is InChI=1S/C20H27N5O3S/c1-13-6-4-5-7-17(13)25-19(15-8-10-16(28-3)11-9-15)23-24-20(25)29-12-18(27)22-21-14(2)26/h8-11,13,17H,4-7,12H2,1-3H3,(H,21,26)(H,22,27)/t13-,17+/m0/s1. The third-order valence-corrected chi connectivity index (χ3v) is 6.06. The summed E-state index contributed by atoms with van der Waals surface area (Å²) in [6.07, 6.45) is 4.63. The zero-order valence-electron chi connectivity index (χ0n) is 17.0. The molecule has 2 aromatic rings. The van der Waals surface area contributed by atoms with E-state index in [0.717, 1.165) is 30.0 Å². The molecule has 0 aliphatic heterocycles. The number of methoxy groups -OCH3 is 1. The minimum absolute atomic E-state index is 0.141. The van der Waals surface area contributed by atoms with E-state index in [0.29, 0.717) is 11.1 Å². The number of nitrogens with one attached hydrogen (secondary N) is 2. The fourth-order valence-electron chi connectivity index (χ4n) is 3.62. The van der Waals surface area contributed by atoms with E-state index in [4.69, 9.17) is 4.74 Å². The molecule has 1 aliphatic carbocycles. The number of carbonyl (C=O) groups excluding carboxylic acids is 2. The van der Waals surface area contributed by atoms with Crippen LogP contribution in [0.2, 0.25) is 0 Å². The Balaban J connectivity index is 1.86. The lowest BCUT2D eigenvalue weighted by molar-refractivity contribution is -0.126. The first-order valence-corrected chi connectivity index (χ1v) is 10.8. The van der Waals surface area contributed by atoms with Gasteiger partial charge in [-0.05, 0) is 43.0 Å². The summed E-state index contributed by atoms with van der Waals surface area (Å²) in [5, 5.41) is 9.56. The number of hydrogen-bond donors (Lipinski definition) is 2. The summed E-state index contributed by atoms with van der Waals surface area (Å²) in [6, 6.07) is 8.06. The van der Waals surface area contributed by atoms with Crippen LogP contribution in [0.15, 0.2) is 29.4 Å². The van der Waals surface area contributed by atoms with Crippen molar-refractivity contribution < 1.29 is 14.3 Å². The number of aromatic nitrogens is 3. The quantitative estimate of drug-likeness (QED) is 0.554. The van der Waals surface area contributed by atoms with Crippen LogP contribution in [-0.2, 0) is 9.59 Å². The van der Waals surface area contributed by atoms with Gasteiger partial charge in [0.05, 0.1) is 12.9 Å². The van der Waals surface area contributed by atoms with Gasteiger partial charge in [-0.3, -0.25) is 25.0 Å². The fraction of sp³-hybridized carbons (Fsp3) is 0.500. The van der Waals surface area contributed by atoms with Crippen molar-refractivity contribution in [1.29, 1.82) is 0 Å². The lowest BCUT2D eigenvalue weighted by Gasteiger charge is -2.31. The molecule has 156 valence electrons. The predicted molar refractivity (Wildman–Crippen MR) is 111 cm³/mol. The molecule has 0 radical (unpaired) electrons. The zero-order valence-corrected chi connectivity index (χ0v) is 17.8. The van der Waals surface area contributed by atoms with E-state index >= 15 is 0 Å². The third kappa shape index (κ3) is 5.29. The second-order valence-electron chi connectivity index (χ2n) is 7.25. The maximum absolute atomic E-state index is 12.0. The molecule has 3 rings (SSSR count). The van der Waals surface area contributed by atoms with Gasteiger partial charge in [-0.2, -0.15) is 0 Å². The maximum Gasteiger partial charge on any atom is 0.248 e. The molecule has 1 aliphatic rings. The average molecular weight is 418 g/mol. The Morgan fingerprint density at radius 3 is 2.55 bits per heavy atom. The van der Waals surface area contributed by atoms with Gasteiger partial charge in [0, 0.05) is 18.5 Å². The fourth-order valence-corrected chi connectivity index (χ4v) is 4.41. The van der Waals surface area contributed by atoms with Crippen LogP contribution in [0.1, 0.15) is 45.6 Å². The first-order valence-electron chi connectivity index (χ1n) is 9.77. The number of rotatable bonds is 6.